The van der Waals surface area contributed by atoms with E-state index in [2.05, 4.69) is 49.4 Å². The van der Waals surface area contributed by atoms with Gasteiger partial charge in [-0.2, -0.15) is 0 Å². The van der Waals surface area contributed by atoms with Crippen molar-refractivity contribution < 1.29 is 9.32 Å². The minimum Gasteiger partial charge on any atom is -0.460 e. The van der Waals surface area contributed by atoms with Crippen molar-refractivity contribution in [3.63, 3.8) is 0 Å². The number of nitrogens with one attached hydrogen (secondary N) is 1. The fourth-order valence-electron chi connectivity index (χ4n) is 2.38. The lowest BCUT2D eigenvalue weighted by Gasteiger charge is -2.18. The molecule has 2 aromatic rings. The van der Waals surface area contributed by atoms with Gasteiger partial charge >= 0.3 is 0 Å². The summed E-state index contributed by atoms with van der Waals surface area (Å²) < 4.78 is 5.71. The fourth-order valence-corrected chi connectivity index (χ4v) is 2.38. The molecule has 0 aliphatic rings. The second-order valence-electron chi connectivity index (χ2n) is 5.21. The van der Waals surface area contributed by atoms with E-state index in [0.29, 0.717) is 0 Å². The molecule has 1 aromatic carbocycles. The molecule has 0 radical (unpaired) electrons. The highest BCUT2D eigenvalue weighted by Crippen LogP contribution is 2.05. The van der Waals surface area contributed by atoms with Gasteiger partial charge in [0.2, 0.25) is 0 Å². The molecule has 2 rings (SSSR count). The summed E-state index contributed by atoms with van der Waals surface area (Å²) in [5.41, 5.74) is 1.40. The Kier molecular flexibility index (Phi) is 5.22. The van der Waals surface area contributed by atoms with Crippen molar-refractivity contribution in [1.29, 1.82) is 0 Å². The van der Waals surface area contributed by atoms with Gasteiger partial charge in [0.05, 0.1) is 6.54 Å². The summed E-state index contributed by atoms with van der Waals surface area (Å²) in [4.78, 5) is 1.57. The fraction of sp³-hybridized carbons (Fsp3) is 0.412. The summed E-state index contributed by atoms with van der Waals surface area (Å²) in [6.45, 7) is 7.50. The lowest BCUT2D eigenvalue weighted by Crippen LogP contribution is -3.09. The van der Waals surface area contributed by atoms with E-state index in [0.717, 1.165) is 24.6 Å². The maximum absolute atomic E-state index is 5.71. The molecular weight excluding hydrogens is 234 g/mol. The zero-order valence-electron chi connectivity index (χ0n) is 12.0. The Morgan fingerprint density at radius 3 is 2.42 bits per heavy atom. The van der Waals surface area contributed by atoms with Gasteiger partial charge in [0.15, 0.2) is 5.76 Å². The number of unbranched alkanes of at least 4 members (excludes halogenated alkanes) is 1. The van der Waals surface area contributed by atoms with Crippen LogP contribution >= 0.6 is 0 Å². The number of aryl methyl sites for hydroxylation is 1. The van der Waals surface area contributed by atoms with Crippen LogP contribution < -0.4 is 4.90 Å². The van der Waals surface area contributed by atoms with Crippen LogP contribution in [-0.4, -0.2) is 6.54 Å². The second-order valence-corrected chi connectivity index (χ2v) is 5.21. The van der Waals surface area contributed by atoms with Crippen molar-refractivity contribution in [1.82, 2.24) is 0 Å². The minimum absolute atomic E-state index is 0.975. The van der Waals surface area contributed by atoms with E-state index in [1.807, 2.05) is 6.92 Å². The third-order valence-electron chi connectivity index (χ3n) is 3.40. The normalized spacial score (nSPS) is 12.5. The van der Waals surface area contributed by atoms with Gasteiger partial charge in [0.1, 0.15) is 18.8 Å². The van der Waals surface area contributed by atoms with E-state index < -0.39 is 0 Å². The van der Waals surface area contributed by atoms with Gasteiger partial charge in [-0.3, -0.25) is 0 Å². The first-order valence-corrected chi connectivity index (χ1v) is 7.20. The standard InChI is InChI=1S/C17H23NO/c1-3-4-12-18(13-16-8-6-5-7-9-16)14-17-11-10-15(2)19-17/h5-11H,3-4,12-14H2,1-2H3/p+1. The Hall–Kier alpha value is -1.54. The summed E-state index contributed by atoms with van der Waals surface area (Å²) in [5.74, 6) is 2.10. The highest BCUT2D eigenvalue weighted by Gasteiger charge is 2.12. The molecule has 2 heteroatoms. The van der Waals surface area contributed by atoms with Crippen LogP contribution in [0.15, 0.2) is 46.9 Å². The topological polar surface area (TPSA) is 17.6 Å². The predicted molar refractivity (Wildman–Crippen MR) is 78.0 cm³/mol. The molecule has 0 aliphatic heterocycles. The first-order chi connectivity index (χ1) is 9.28. The lowest BCUT2D eigenvalue weighted by molar-refractivity contribution is -0.928. The zero-order valence-corrected chi connectivity index (χ0v) is 12.0. The molecule has 1 aromatic heterocycles. The van der Waals surface area contributed by atoms with Gasteiger partial charge in [0, 0.05) is 5.56 Å². The van der Waals surface area contributed by atoms with Crippen LogP contribution in [0.1, 0.15) is 36.8 Å². The van der Waals surface area contributed by atoms with Crippen LogP contribution in [-0.2, 0) is 13.1 Å². The van der Waals surface area contributed by atoms with Crippen molar-refractivity contribution in [2.45, 2.75) is 39.8 Å². The van der Waals surface area contributed by atoms with Crippen LogP contribution in [0.25, 0.3) is 0 Å². The Balaban J connectivity index is 1.99. The van der Waals surface area contributed by atoms with Gasteiger partial charge in [0.25, 0.3) is 0 Å². The number of rotatable bonds is 7. The first-order valence-electron chi connectivity index (χ1n) is 7.20. The summed E-state index contributed by atoms with van der Waals surface area (Å²) in [5, 5.41) is 0. The third-order valence-corrected chi connectivity index (χ3v) is 3.40. The smallest absolute Gasteiger partial charge is 0.158 e. The summed E-state index contributed by atoms with van der Waals surface area (Å²) in [7, 11) is 0. The largest absolute Gasteiger partial charge is 0.460 e. The Labute approximate surface area is 116 Å². The van der Waals surface area contributed by atoms with Gasteiger partial charge in [-0.05, 0) is 25.5 Å². The molecule has 0 spiro atoms. The maximum atomic E-state index is 5.71. The number of quaternary nitrogens is 1. The molecule has 0 bridgehead atoms. The summed E-state index contributed by atoms with van der Waals surface area (Å²) in [6.07, 6.45) is 2.51. The zero-order chi connectivity index (χ0) is 13.5. The highest BCUT2D eigenvalue weighted by molar-refractivity contribution is 5.13. The minimum atomic E-state index is 0.975. The molecule has 0 aliphatic carbocycles. The lowest BCUT2D eigenvalue weighted by atomic mass is 10.2. The highest BCUT2D eigenvalue weighted by atomic mass is 16.3. The van der Waals surface area contributed by atoms with Crippen LogP contribution in [0.3, 0.4) is 0 Å². The van der Waals surface area contributed by atoms with E-state index in [4.69, 9.17) is 4.42 Å². The van der Waals surface area contributed by atoms with Gasteiger partial charge in [-0.25, -0.2) is 0 Å². The molecule has 1 unspecified atom stereocenters. The van der Waals surface area contributed by atoms with Crippen molar-refractivity contribution in [3.8, 4) is 0 Å². The van der Waals surface area contributed by atoms with Crippen molar-refractivity contribution in [3.05, 3.63) is 59.5 Å². The van der Waals surface area contributed by atoms with Crippen molar-refractivity contribution in [2.24, 2.45) is 0 Å². The first kappa shape index (κ1) is 13.9. The molecule has 1 N–H and O–H groups in total. The number of furan rings is 1. The molecule has 0 saturated heterocycles. The summed E-state index contributed by atoms with van der Waals surface area (Å²) in [6, 6.07) is 14.9. The van der Waals surface area contributed by atoms with Crippen LogP contribution in [0, 0.1) is 6.92 Å². The van der Waals surface area contributed by atoms with Crippen LogP contribution in [0.5, 0.6) is 0 Å². The summed E-state index contributed by atoms with van der Waals surface area (Å²) >= 11 is 0. The predicted octanol–water partition coefficient (Wildman–Crippen LogP) is 2.97. The van der Waals surface area contributed by atoms with Crippen LogP contribution in [0.2, 0.25) is 0 Å². The molecule has 2 nitrogen and oxygen atoms in total. The molecular formula is C17H24NO+. The molecule has 0 saturated carbocycles. The molecule has 1 atom stereocenters. The third kappa shape index (κ3) is 4.56. The monoisotopic (exact) mass is 258 g/mol. The Morgan fingerprint density at radius 1 is 1.00 bits per heavy atom. The van der Waals surface area contributed by atoms with E-state index >= 15 is 0 Å². The van der Waals surface area contributed by atoms with Gasteiger partial charge in [-0.15, -0.1) is 0 Å². The Bertz CT molecular complexity index is 475. The molecule has 0 amide bonds. The van der Waals surface area contributed by atoms with Crippen LogP contribution in [0.4, 0.5) is 0 Å². The number of hydrogen-bond donors (Lipinski definition) is 1. The van der Waals surface area contributed by atoms with E-state index in [9.17, 15) is 0 Å². The molecule has 19 heavy (non-hydrogen) atoms. The Morgan fingerprint density at radius 2 is 1.79 bits per heavy atom. The van der Waals surface area contributed by atoms with Gasteiger partial charge < -0.3 is 9.32 Å². The van der Waals surface area contributed by atoms with Crippen molar-refractivity contribution in [2.75, 3.05) is 6.54 Å². The van der Waals surface area contributed by atoms with E-state index in [1.165, 1.54) is 24.9 Å². The van der Waals surface area contributed by atoms with Crippen molar-refractivity contribution >= 4 is 0 Å². The SMILES string of the molecule is CCCC[NH+](Cc1ccccc1)Cc1ccc(C)o1. The van der Waals surface area contributed by atoms with E-state index in [1.54, 1.807) is 4.90 Å². The number of hydrogen-bond acceptors (Lipinski definition) is 1. The molecule has 0 fully saturated rings. The maximum Gasteiger partial charge on any atom is 0.158 e. The average molecular weight is 258 g/mol. The quantitative estimate of drug-likeness (QED) is 0.808. The average Bonchev–Trinajstić information content (AvgIpc) is 2.82. The molecule has 1 heterocycles. The second kappa shape index (κ2) is 7.15. The van der Waals surface area contributed by atoms with Gasteiger partial charge in [-0.1, -0.05) is 43.7 Å². The van der Waals surface area contributed by atoms with E-state index in [-0.39, 0.29) is 0 Å². The number of benzene rings is 1. The molecule has 102 valence electrons.